The predicted molar refractivity (Wildman–Crippen MR) is 166 cm³/mol. The van der Waals surface area contributed by atoms with Crippen LogP contribution in [0.1, 0.15) is 45.0 Å². The number of carbonyl (C=O) groups is 1. The number of aromatic nitrogens is 2. The van der Waals surface area contributed by atoms with Crippen molar-refractivity contribution in [2.45, 2.75) is 37.6 Å². The molecule has 0 unspecified atom stereocenters. The van der Waals surface area contributed by atoms with Gasteiger partial charge < -0.3 is 9.67 Å². The van der Waals surface area contributed by atoms with Crippen LogP contribution in [0.25, 0.3) is 33.0 Å². The lowest BCUT2D eigenvalue weighted by atomic mass is 10.0. The second-order valence-electron chi connectivity index (χ2n) is 10.9. The molecule has 1 aliphatic carbocycles. The summed E-state index contributed by atoms with van der Waals surface area (Å²) in [5, 5.41) is 24.7. The molecule has 222 valence electrons. The van der Waals surface area contributed by atoms with Crippen molar-refractivity contribution in [2.75, 3.05) is 0 Å². The van der Waals surface area contributed by atoms with E-state index < -0.39 is 26.7 Å². The molecular weight excluding hydrogens is 600 g/mol. The van der Waals surface area contributed by atoms with Gasteiger partial charge in [-0.3, -0.25) is 0 Å². The van der Waals surface area contributed by atoms with Crippen LogP contribution >= 0.6 is 11.3 Å². The van der Waals surface area contributed by atoms with Gasteiger partial charge in [0.05, 0.1) is 11.6 Å². The molecule has 11 heteroatoms. The maximum Gasteiger partial charge on any atom is 0.355 e. The zero-order chi connectivity index (χ0) is 31.2. The maximum absolute atomic E-state index is 14.9. The van der Waals surface area contributed by atoms with Gasteiger partial charge in [-0.1, -0.05) is 36.4 Å². The van der Waals surface area contributed by atoms with Gasteiger partial charge in [-0.15, -0.1) is 11.3 Å². The molecule has 44 heavy (non-hydrogen) atoms. The van der Waals surface area contributed by atoms with E-state index in [0.29, 0.717) is 26.9 Å². The smallest absolute Gasteiger partial charge is 0.355 e. The topological polar surface area (TPSA) is 139 Å². The van der Waals surface area contributed by atoms with Gasteiger partial charge in [0.2, 0.25) is 10.0 Å². The highest BCUT2D eigenvalue weighted by Crippen LogP contribution is 2.42. The fourth-order valence-electron chi connectivity index (χ4n) is 5.37. The van der Waals surface area contributed by atoms with E-state index >= 15 is 0 Å². The van der Waals surface area contributed by atoms with Crippen LogP contribution in [-0.2, 0) is 23.0 Å². The quantitative estimate of drug-likeness (QED) is 0.189. The lowest BCUT2D eigenvalue weighted by Gasteiger charge is -2.16. The number of aryl methyl sites for hydroxylation is 1. The molecule has 1 aliphatic rings. The number of hydrogen-bond donors (Lipinski definition) is 2. The van der Waals surface area contributed by atoms with Crippen LogP contribution in [0.5, 0.6) is 0 Å². The van der Waals surface area contributed by atoms with Crippen molar-refractivity contribution < 1.29 is 22.7 Å². The van der Waals surface area contributed by atoms with E-state index in [9.17, 15) is 28.0 Å². The lowest BCUT2D eigenvalue weighted by Crippen LogP contribution is -2.14. The van der Waals surface area contributed by atoms with Crippen LogP contribution in [0, 0.1) is 30.0 Å². The Balaban J connectivity index is 1.53. The summed E-state index contributed by atoms with van der Waals surface area (Å²) in [6.45, 7) is 1.97. The molecule has 3 N–H and O–H groups in total. The van der Waals surface area contributed by atoms with E-state index in [1.165, 1.54) is 23.5 Å². The number of primary sulfonamides is 1. The summed E-state index contributed by atoms with van der Waals surface area (Å²) < 4.78 is 40.7. The summed E-state index contributed by atoms with van der Waals surface area (Å²) in [6, 6.07) is 23.3. The Morgan fingerprint density at radius 3 is 2.43 bits per heavy atom. The molecular formula is C33H27FN4O4S2. The summed E-state index contributed by atoms with van der Waals surface area (Å²) >= 11 is 1.32. The van der Waals surface area contributed by atoms with Gasteiger partial charge in [-0.05, 0) is 90.8 Å². The molecule has 0 bridgehead atoms. The predicted octanol–water partition coefficient (Wildman–Crippen LogP) is 6.61. The van der Waals surface area contributed by atoms with Crippen LogP contribution in [0.4, 0.5) is 4.39 Å². The Kier molecular flexibility index (Phi) is 7.67. The van der Waals surface area contributed by atoms with Crippen LogP contribution in [0.3, 0.4) is 0 Å². The average Bonchev–Trinajstić information content (AvgIpc) is 3.63. The molecule has 0 aliphatic heterocycles. The standard InChI is InChI=1S/C33H27FN4O4S2/c1-19-31(33(39)40)37-32(43-19)26-16-28(25-4-2-3-24(15-25)23-10-7-21(17-35)8-11-23)38(29(26)14-20-5-6-20)18-22-9-12-30(27(34)13-22)44(36,41)42/h2-4,7-13,15-16,20H,5-6,14,18H2,1H3,(H,39,40)(H2,36,41,42). The van der Waals surface area contributed by atoms with Gasteiger partial charge in [-0.25, -0.2) is 27.7 Å². The minimum Gasteiger partial charge on any atom is -0.476 e. The molecule has 0 atom stereocenters. The molecule has 8 nitrogen and oxygen atoms in total. The van der Waals surface area contributed by atoms with Crippen molar-refractivity contribution >= 4 is 27.3 Å². The van der Waals surface area contributed by atoms with Crippen LogP contribution in [0.15, 0.2) is 77.7 Å². The van der Waals surface area contributed by atoms with Crippen LogP contribution < -0.4 is 5.14 Å². The van der Waals surface area contributed by atoms with Crippen molar-refractivity contribution in [3.05, 3.63) is 106 Å². The SMILES string of the molecule is Cc1sc(-c2cc(-c3cccc(-c4ccc(C#N)cc4)c3)n(Cc3ccc(S(N)(=O)=O)c(F)c3)c2CC2CC2)nc1C(=O)O. The Morgan fingerprint density at radius 2 is 1.82 bits per heavy atom. The molecule has 3 aromatic carbocycles. The average molecular weight is 627 g/mol. The second-order valence-corrected chi connectivity index (χ2v) is 13.7. The number of halogens is 1. The first-order chi connectivity index (χ1) is 21.0. The number of nitrogens with zero attached hydrogens (tertiary/aromatic N) is 3. The van der Waals surface area contributed by atoms with E-state index in [2.05, 4.69) is 15.6 Å². The lowest BCUT2D eigenvalue weighted by molar-refractivity contribution is 0.0690. The highest BCUT2D eigenvalue weighted by molar-refractivity contribution is 7.89. The van der Waals surface area contributed by atoms with Gasteiger partial charge in [0, 0.05) is 28.4 Å². The summed E-state index contributed by atoms with van der Waals surface area (Å²) in [6.07, 6.45) is 2.87. The third-order valence-corrected chi connectivity index (χ3v) is 9.71. The van der Waals surface area contributed by atoms with E-state index in [0.717, 1.165) is 52.9 Å². The molecule has 0 saturated heterocycles. The molecule has 2 heterocycles. The first kappa shape index (κ1) is 29.4. The number of carboxylic acid groups (broad SMARTS) is 1. The highest BCUT2D eigenvalue weighted by Gasteiger charge is 2.29. The van der Waals surface area contributed by atoms with Crippen molar-refractivity contribution in [1.82, 2.24) is 9.55 Å². The Labute approximate surface area is 257 Å². The monoisotopic (exact) mass is 626 g/mol. The number of hydrogen-bond acceptors (Lipinski definition) is 6. The zero-order valence-electron chi connectivity index (χ0n) is 23.6. The van der Waals surface area contributed by atoms with Crippen molar-refractivity contribution in [1.29, 1.82) is 5.26 Å². The van der Waals surface area contributed by atoms with Gasteiger partial charge in [-0.2, -0.15) is 5.26 Å². The molecule has 1 saturated carbocycles. The van der Waals surface area contributed by atoms with E-state index in [1.807, 2.05) is 42.5 Å². The number of nitriles is 1. The minimum atomic E-state index is -4.22. The van der Waals surface area contributed by atoms with Gasteiger partial charge >= 0.3 is 5.97 Å². The highest BCUT2D eigenvalue weighted by atomic mass is 32.2. The largest absolute Gasteiger partial charge is 0.476 e. The normalized spacial score (nSPS) is 13.1. The molecule has 0 amide bonds. The van der Waals surface area contributed by atoms with Gasteiger partial charge in [0.1, 0.15) is 15.7 Å². The van der Waals surface area contributed by atoms with Crippen molar-refractivity contribution in [3.8, 4) is 39.0 Å². The fraction of sp³-hybridized carbons (Fsp3) is 0.182. The Bertz CT molecular complexity index is 2070. The number of benzene rings is 3. The van der Waals surface area contributed by atoms with Gasteiger partial charge in [0.15, 0.2) is 5.69 Å². The van der Waals surface area contributed by atoms with E-state index in [1.54, 1.807) is 25.1 Å². The van der Waals surface area contributed by atoms with E-state index in [4.69, 9.17) is 5.14 Å². The first-order valence-electron chi connectivity index (χ1n) is 13.9. The third-order valence-electron chi connectivity index (χ3n) is 7.77. The third kappa shape index (κ3) is 5.92. The van der Waals surface area contributed by atoms with Crippen LogP contribution in [-0.4, -0.2) is 29.0 Å². The maximum atomic E-state index is 14.9. The molecule has 5 aromatic rings. The second kappa shape index (κ2) is 11.5. The van der Waals surface area contributed by atoms with Crippen LogP contribution in [0.2, 0.25) is 0 Å². The number of rotatable bonds is 9. The first-order valence-corrected chi connectivity index (χ1v) is 16.2. The van der Waals surface area contributed by atoms with E-state index in [-0.39, 0.29) is 12.2 Å². The summed E-state index contributed by atoms with van der Waals surface area (Å²) in [4.78, 5) is 16.4. The molecule has 2 aromatic heterocycles. The number of nitrogens with two attached hydrogens (primary N) is 1. The molecule has 0 radical (unpaired) electrons. The Hall–Kier alpha value is -4.63. The molecule has 1 fully saturated rings. The van der Waals surface area contributed by atoms with Crippen molar-refractivity contribution in [3.63, 3.8) is 0 Å². The molecule has 0 spiro atoms. The summed E-state index contributed by atoms with van der Waals surface area (Å²) in [7, 11) is -4.22. The number of thiazole rings is 1. The summed E-state index contributed by atoms with van der Waals surface area (Å²) in [5.41, 5.74) is 6.46. The number of sulfonamides is 1. The van der Waals surface area contributed by atoms with Crippen molar-refractivity contribution in [2.24, 2.45) is 11.1 Å². The van der Waals surface area contributed by atoms with Gasteiger partial charge in [0.25, 0.3) is 0 Å². The fourth-order valence-corrected chi connectivity index (χ4v) is 6.90. The summed E-state index contributed by atoms with van der Waals surface area (Å²) in [5.74, 6) is -1.55. The Morgan fingerprint density at radius 1 is 1.09 bits per heavy atom. The number of aromatic carboxylic acids is 1. The number of carboxylic acids is 1. The minimum absolute atomic E-state index is 0.0140. The molecule has 6 rings (SSSR count). The zero-order valence-corrected chi connectivity index (χ0v) is 25.3.